The minimum absolute atomic E-state index is 0.0786. The third-order valence-electron chi connectivity index (χ3n) is 3.57. The summed E-state index contributed by atoms with van der Waals surface area (Å²) in [5.74, 6) is -1.63. The van der Waals surface area contributed by atoms with Crippen LogP contribution in [0.2, 0.25) is 0 Å². The van der Waals surface area contributed by atoms with Crippen LogP contribution in [0.25, 0.3) is 0 Å². The molecule has 2 N–H and O–H groups in total. The Bertz CT molecular complexity index is 708. The van der Waals surface area contributed by atoms with Gasteiger partial charge in [-0.2, -0.15) is 0 Å². The van der Waals surface area contributed by atoms with E-state index < -0.39 is 17.6 Å². The number of hydrogen-bond donors (Lipinski definition) is 2. The second kappa shape index (κ2) is 6.68. The first kappa shape index (κ1) is 16.1. The van der Waals surface area contributed by atoms with Crippen molar-refractivity contribution in [1.82, 2.24) is 9.97 Å². The summed E-state index contributed by atoms with van der Waals surface area (Å²) in [6, 6.07) is 3.72. The van der Waals surface area contributed by atoms with E-state index in [4.69, 9.17) is 0 Å². The highest BCUT2D eigenvalue weighted by atomic mass is 19.1. The predicted molar refractivity (Wildman–Crippen MR) is 82.3 cm³/mol. The first-order chi connectivity index (χ1) is 10.5. The molecule has 0 spiro atoms. The predicted octanol–water partition coefficient (Wildman–Crippen LogP) is 3.33. The molecule has 1 aromatic heterocycles. The lowest BCUT2D eigenvalue weighted by Crippen LogP contribution is -2.20. The van der Waals surface area contributed by atoms with Crippen LogP contribution in [-0.4, -0.2) is 16.5 Å². The summed E-state index contributed by atoms with van der Waals surface area (Å²) in [5, 5.41) is 2.98. The number of benzene rings is 1. The number of nitrogens with one attached hydrogen (secondary N) is 2. The molecule has 1 heterocycles. The number of halogens is 2. The van der Waals surface area contributed by atoms with E-state index in [1.807, 2.05) is 6.92 Å². The van der Waals surface area contributed by atoms with Crippen molar-refractivity contribution in [2.75, 3.05) is 11.9 Å². The van der Waals surface area contributed by atoms with Gasteiger partial charge in [0.1, 0.15) is 11.6 Å². The average molecular weight is 307 g/mol. The highest BCUT2D eigenvalue weighted by molar-refractivity contribution is 5.37. The van der Waals surface area contributed by atoms with E-state index in [-0.39, 0.29) is 11.1 Å². The van der Waals surface area contributed by atoms with Gasteiger partial charge in [-0.15, -0.1) is 0 Å². The van der Waals surface area contributed by atoms with Gasteiger partial charge in [-0.1, -0.05) is 19.9 Å². The van der Waals surface area contributed by atoms with Crippen LogP contribution in [0.4, 0.5) is 14.7 Å². The molecular weight excluding hydrogens is 288 g/mol. The molecule has 0 saturated heterocycles. The zero-order valence-corrected chi connectivity index (χ0v) is 12.8. The van der Waals surface area contributed by atoms with Crippen molar-refractivity contribution < 1.29 is 8.78 Å². The standard InChI is InChI=1S/C16H19F2N3O/c1-4-8-19-16-20-14(10(3)15(22)21-16)9(2)13-11(17)6-5-7-12(13)18/h5-7,9H,4,8H2,1-3H3,(H2,19,20,21,22). The molecule has 6 heteroatoms. The Morgan fingerprint density at radius 2 is 1.95 bits per heavy atom. The van der Waals surface area contributed by atoms with Crippen LogP contribution in [0.3, 0.4) is 0 Å². The normalized spacial score (nSPS) is 12.2. The summed E-state index contributed by atoms with van der Waals surface area (Å²) < 4.78 is 27.9. The molecule has 22 heavy (non-hydrogen) atoms. The van der Waals surface area contributed by atoms with Gasteiger partial charge >= 0.3 is 0 Å². The van der Waals surface area contributed by atoms with E-state index in [0.29, 0.717) is 23.8 Å². The molecule has 0 amide bonds. The molecule has 2 aromatic rings. The lowest BCUT2D eigenvalue weighted by Gasteiger charge is -2.16. The van der Waals surface area contributed by atoms with Crippen molar-refractivity contribution in [3.63, 3.8) is 0 Å². The zero-order valence-electron chi connectivity index (χ0n) is 12.8. The first-order valence-corrected chi connectivity index (χ1v) is 7.24. The lowest BCUT2D eigenvalue weighted by atomic mass is 9.94. The van der Waals surface area contributed by atoms with Crippen LogP contribution < -0.4 is 10.9 Å². The zero-order chi connectivity index (χ0) is 16.3. The van der Waals surface area contributed by atoms with E-state index in [1.165, 1.54) is 18.2 Å². The van der Waals surface area contributed by atoms with Gasteiger partial charge in [0, 0.05) is 23.6 Å². The second-order valence-electron chi connectivity index (χ2n) is 5.21. The number of hydrogen-bond acceptors (Lipinski definition) is 3. The van der Waals surface area contributed by atoms with Gasteiger partial charge in [-0.05, 0) is 25.5 Å². The molecule has 0 fully saturated rings. The fraction of sp³-hybridized carbons (Fsp3) is 0.375. The van der Waals surface area contributed by atoms with Crippen LogP contribution in [0, 0.1) is 18.6 Å². The highest BCUT2D eigenvalue weighted by Crippen LogP contribution is 2.28. The minimum atomic E-state index is -0.661. The maximum Gasteiger partial charge on any atom is 0.255 e. The summed E-state index contributed by atoms with van der Waals surface area (Å²) in [4.78, 5) is 19.0. The van der Waals surface area contributed by atoms with E-state index >= 15 is 0 Å². The monoisotopic (exact) mass is 307 g/mol. The Morgan fingerprint density at radius 1 is 1.32 bits per heavy atom. The number of anilines is 1. The maximum absolute atomic E-state index is 14.0. The Labute approximate surface area is 127 Å². The number of H-pyrrole nitrogens is 1. The number of rotatable bonds is 5. The lowest BCUT2D eigenvalue weighted by molar-refractivity contribution is 0.544. The Hall–Kier alpha value is -2.24. The quantitative estimate of drug-likeness (QED) is 0.891. The summed E-state index contributed by atoms with van der Waals surface area (Å²) in [7, 11) is 0. The molecule has 0 bridgehead atoms. The molecule has 2 rings (SSSR count). The molecule has 1 unspecified atom stereocenters. The Morgan fingerprint density at radius 3 is 2.55 bits per heavy atom. The average Bonchev–Trinajstić information content (AvgIpc) is 2.48. The van der Waals surface area contributed by atoms with E-state index in [0.717, 1.165) is 6.42 Å². The largest absolute Gasteiger partial charge is 0.356 e. The molecule has 4 nitrogen and oxygen atoms in total. The topological polar surface area (TPSA) is 57.8 Å². The minimum Gasteiger partial charge on any atom is -0.356 e. The molecule has 1 atom stereocenters. The number of aromatic nitrogens is 2. The van der Waals surface area contributed by atoms with E-state index in [9.17, 15) is 13.6 Å². The smallest absolute Gasteiger partial charge is 0.255 e. The molecule has 0 radical (unpaired) electrons. The van der Waals surface area contributed by atoms with Crippen molar-refractivity contribution in [3.05, 3.63) is 57.0 Å². The SMILES string of the molecule is CCCNc1nc(C(C)c2c(F)cccc2F)c(C)c(=O)[nH]1. The molecule has 0 aliphatic heterocycles. The highest BCUT2D eigenvalue weighted by Gasteiger charge is 2.22. The molecular formula is C16H19F2N3O. The van der Waals surface area contributed by atoms with Crippen molar-refractivity contribution >= 4 is 5.95 Å². The van der Waals surface area contributed by atoms with Crippen molar-refractivity contribution in [1.29, 1.82) is 0 Å². The Kier molecular flexibility index (Phi) is 4.90. The third-order valence-corrected chi connectivity index (χ3v) is 3.57. The molecule has 118 valence electrons. The summed E-state index contributed by atoms with van der Waals surface area (Å²) in [6.07, 6.45) is 0.865. The van der Waals surface area contributed by atoms with Crippen molar-refractivity contribution in [3.8, 4) is 0 Å². The fourth-order valence-electron chi connectivity index (χ4n) is 2.36. The fourth-order valence-corrected chi connectivity index (χ4v) is 2.36. The summed E-state index contributed by atoms with van der Waals surface area (Å²) in [5.41, 5.74) is 0.334. The van der Waals surface area contributed by atoms with Gasteiger partial charge in [0.25, 0.3) is 5.56 Å². The van der Waals surface area contributed by atoms with Gasteiger partial charge in [-0.25, -0.2) is 13.8 Å². The van der Waals surface area contributed by atoms with Gasteiger partial charge in [-0.3, -0.25) is 9.78 Å². The van der Waals surface area contributed by atoms with Crippen LogP contribution in [-0.2, 0) is 0 Å². The number of aromatic amines is 1. The molecule has 0 aliphatic carbocycles. The molecule has 1 aromatic carbocycles. The van der Waals surface area contributed by atoms with Gasteiger partial charge in [0.15, 0.2) is 0 Å². The van der Waals surface area contributed by atoms with Gasteiger partial charge in [0.2, 0.25) is 5.95 Å². The third kappa shape index (κ3) is 3.16. The molecule has 0 aliphatic rings. The van der Waals surface area contributed by atoms with E-state index in [2.05, 4.69) is 15.3 Å². The Balaban J connectivity index is 2.51. The first-order valence-electron chi connectivity index (χ1n) is 7.24. The van der Waals surface area contributed by atoms with Gasteiger partial charge < -0.3 is 5.32 Å². The van der Waals surface area contributed by atoms with Crippen molar-refractivity contribution in [2.45, 2.75) is 33.1 Å². The maximum atomic E-state index is 14.0. The van der Waals surface area contributed by atoms with Gasteiger partial charge in [0.05, 0.1) is 5.69 Å². The van der Waals surface area contributed by atoms with Crippen molar-refractivity contribution in [2.24, 2.45) is 0 Å². The van der Waals surface area contributed by atoms with Crippen LogP contribution in [0.1, 0.15) is 43.0 Å². The van der Waals surface area contributed by atoms with Crippen LogP contribution >= 0.6 is 0 Å². The van der Waals surface area contributed by atoms with Crippen LogP contribution in [0.15, 0.2) is 23.0 Å². The second-order valence-corrected chi connectivity index (χ2v) is 5.21. The summed E-state index contributed by atoms with van der Waals surface area (Å²) >= 11 is 0. The van der Waals surface area contributed by atoms with Crippen LogP contribution in [0.5, 0.6) is 0 Å². The summed E-state index contributed by atoms with van der Waals surface area (Å²) in [6.45, 7) is 5.87. The molecule has 0 saturated carbocycles. The number of nitrogens with zero attached hydrogens (tertiary/aromatic N) is 1. The van der Waals surface area contributed by atoms with E-state index in [1.54, 1.807) is 13.8 Å².